The van der Waals surface area contributed by atoms with E-state index in [1.54, 1.807) is 0 Å². The third-order valence-corrected chi connectivity index (χ3v) is 15.8. The summed E-state index contributed by atoms with van der Waals surface area (Å²) < 4.78 is 0. The van der Waals surface area contributed by atoms with E-state index in [4.69, 9.17) is 0 Å². The predicted molar refractivity (Wildman–Crippen MR) is 267 cm³/mol. The fourth-order valence-electron chi connectivity index (χ4n) is 11.1. The van der Waals surface area contributed by atoms with Crippen molar-refractivity contribution in [2.45, 2.75) is 77.3 Å². The Labute approximate surface area is 367 Å². The smallest absolute Gasteiger partial charge is 0.0487 e. The highest BCUT2D eigenvalue weighted by Crippen LogP contribution is 2.58. The third kappa shape index (κ3) is 5.29. The molecule has 0 atom stereocenters. The van der Waals surface area contributed by atoms with Crippen LogP contribution in [0.5, 0.6) is 0 Å². The zero-order valence-electron chi connectivity index (χ0n) is 37.2. The van der Waals surface area contributed by atoms with Gasteiger partial charge >= 0.3 is 0 Å². The predicted octanol–water partition coefficient (Wildman–Crippen LogP) is 16.6. The van der Waals surface area contributed by atoms with Crippen LogP contribution in [0.15, 0.2) is 182 Å². The summed E-state index contributed by atoms with van der Waals surface area (Å²) in [6, 6.07) is 68.4. The summed E-state index contributed by atoms with van der Waals surface area (Å²) in [6.07, 6.45) is 0. The van der Waals surface area contributed by atoms with Crippen LogP contribution >= 0.6 is 0 Å². The maximum atomic E-state index is 2.60. The van der Waals surface area contributed by atoms with Crippen LogP contribution in [0, 0.1) is 0 Å². The molecule has 0 saturated heterocycles. The molecule has 62 heavy (non-hydrogen) atoms. The molecule has 0 aliphatic carbocycles. The minimum Gasteiger partial charge on any atom is -0.335 e. The summed E-state index contributed by atoms with van der Waals surface area (Å²) >= 11 is 0. The fraction of sp³-hybridized carbons (Fsp3) is 0.200. The second-order valence-electron chi connectivity index (χ2n) is 19.8. The van der Waals surface area contributed by atoms with Crippen LogP contribution in [-0.2, 0) is 10.8 Å². The van der Waals surface area contributed by atoms with Gasteiger partial charge in [0.15, 0.2) is 0 Å². The molecule has 0 amide bonds. The average molecular weight is 803 g/mol. The first-order valence-corrected chi connectivity index (χ1v) is 22.3. The molecular formula is C60H54N2. The van der Waals surface area contributed by atoms with E-state index in [1.165, 1.54) is 99.6 Å². The van der Waals surface area contributed by atoms with Gasteiger partial charge in [-0.05, 0) is 141 Å². The van der Waals surface area contributed by atoms with E-state index in [9.17, 15) is 0 Å². The van der Waals surface area contributed by atoms with Crippen LogP contribution in [0.25, 0.3) is 65.7 Å². The zero-order valence-corrected chi connectivity index (χ0v) is 37.2. The Kier molecular flexibility index (Phi) is 8.29. The van der Waals surface area contributed by atoms with Crippen LogP contribution in [0.2, 0.25) is 0 Å². The average Bonchev–Trinajstić information content (AvgIpc) is 3.55. The molecule has 11 rings (SSSR count). The van der Waals surface area contributed by atoms with Crippen molar-refractivity contribution in [2.75, 3.05) is 9.80 Å². The Morgan fingerprint density at radius 3 is 1.37 bits per heavy atom. The molecule has 0 aromatic heterocycles. The highest BCUT2D eigenvalue weighted by atomic mass is 15.2. The molecule has 0 saturated carbocycles. The van der Waals surface area contributed by atoms with Crippen molar-refractivity contribution in [1.82, 2.24) is 0 Å². The number of anilines is 4. The van der Waals surface area contributed by atoms with E-state index < -0.39 is 0 Å². The van der Waals surface area contributed by atoms with Gasteiger partial charge in [0.25, 0.3) is 0 Å². The molecule has 0 bridgehead atoms. The fourth-order valence-corrected chi connectivity index (χ4v) is 11.1. The van der Waals surface area contributed by atoms with Crippen LogP contribution in [0.4, 0.5) is 22.7 Å². The third-order valence-electron chi connectivity index (χ3n) is 15.8. The van der Waals surface area contributed by atoms with Gasteiger partial charge in [-0.25, -0.2) is 0 Å². The first-order valence-electron chi connectivity index (χ1n) is 22.3. The molecule has 9 aromatic rings. The van der Waals surface area contributed by atoms with Gasteiger partial charge in [-0.3, -0.25) is 0 Å². The highest BCUT2D eigenvalue weighted by molar-refractivity contribution is 6.24. The molecular weight excluding hydrogens is 749 g/mol. The van der Waals surface area contributed by atoms with Crippen molar-refractivity contribution in [1.29, 1.82) is 0 Å². The van der Waals surface area contributed by atoms with E-state index in [0.29, 0.717) is 0 Å². The Hall–Kier alpha value is -6.64. The quantitative estimate of drug-likeness (QED) is 0.160. The summed E-state index contributed by atoms with van der Waals surface area (Å²) in [6.45, 7) is 19.2. The number of hydrogen-bond donors (Lipinski definition) is 0. The number of rotatable bonds is 5. The molecule has 304 valence electrons. The zero-order chi connectivity index (χ0) is 42.8. The second kappa shape index (κ2) is 13.4. The normalized spacial score (nSPS) is 16.8. The summed E-state index contributed by atoms with van der Waals surface area (Å²) in [5.41, 5.74) is 14.7. The molecule has 0 fully saturated rings. The van der Waals surface area contributed by atoms with Gasteiger partial charge in [-0.2, -0.15) is 0 Å². The Morgan fingerprint density at radius 2 is 0.774 bits per heavy atom. The van der Waals surface area contributed by atoms with E-state index in [-0.39, 0.29) is 21.9 Å². The van der Waals surface area contributed by atoms with Crippen LogP contribution in [0.3, 0.4) is 0 Å². The molecule has 2 heterocycles. The Bertz CT molecular complexity index is 3230. The first-order chi connectivity index (χ1) is 29.8. The van der Waals surface area contributed by atoms with Crippen molar-refractivity contribution in [2.24, 2.45) is 0 Å². The topological polar surface area (TPSA) is 6.48 Å². The van der Waals surface area contributed by atoms with Gasteiger partial charge in [0.2, 0.25) is 0 Å². The maximum absolute atomic E-state index is 2.60. The number of fused-ring (bicyclic) bond motifs is 5. The van der Waals surface area contributed by atoms with Gasteiger partial charge in [0, 0.05) is 44.7 Å². The lowest BCUT2D eigenvalue weighted by Gasteiger charge is -2.43. The highest BCUT2D eigenvalue weighted by Gasteiger charge is 2.52. The lowest BCUT2D eigenvalue weighted by Crippen LogP contribution is -2.48. The molecule has 0 N–H and O–H groups in total. The number of hydrogen-bond acceptors (Lipinski definition) is 2. The van der Waals surface area contributed by atoms with Gasteiger partial charge < -0.3 is 9.80 Å². The first kappa shape index (κ1) is 38.3. The van der Waals surface area contributed by atoms with Gasteiger partial charge in [-0.15, -0.1) is 0 Å². The van der Waals surface area contributed by atoms with Crippen molar-refractivity contribution in [3.8, 4) is 33.4 Å². The SMILES string of the molecule is CC1(C)c2ccccc2N(c2ccc3c(-c4cccc5ccccc45)c4cc(N5c6ccccc6C(C)(C)C5(C)C)ccc4c(-c4ccc(-c5ccccc5)cc4)c3c2)C1(C)C. The van der Waals surface area contributed by atoms with Crippen LogP contribution in [0.1, 0.15) is 66.5 Å². The minimum atomic E-state index is -0.182. The van der Waals surface area contributed by atoms with Gasteiger partial charge in [0.1, 0.15) is 0 Å². The summed E-state index contributed by atoms with van der Waals surface area (Å²) in [5, 5.41) is 7.52. The standard InChI is InChI=1S/C60H54N2/c1-57(2)51-25-14-16-27-53(51)61(59(57,5)6)43-34-36-48-49(37-43)55(42-31-29-40(30-32-42)39-19-10-9-11-20-39)47-35-33-44(62-54-28-17-15-26-52(54)58(3,4)60(62,7)8)38-50(47)56(48)46-24-18-22-41-21-12-13-23-45(41)46/h9-38H,1-8H3. The molecule has 2 aliphatic rings. The number of nitrogens with zero attached hydrogens (tertiary/aromatic N) is 2. The number of para-hydroxylation sites is 2. The lowest BCUT2D eigenvalue weighted by atomic mass is 9.72. The summed E-state index contributed by atoms with van der Waals surface area (Å²) in [5.74, 6) is 0. The second-order valence-corrected chi connectivity index (χ2v) is 19.8. The molecule has 2 heteroatoms. The van der Waals surface area contributed by atoms with E-state index in [1.807, 2.05) is 0 Å². The molecule has 0 unspecified atom stereocenters. The van der Waals surface area contributed by atoms with Crippen LogP contribution < -0.4 is 9.80 Å². The minimum absolute atomic E-state index is 0.0704. The molecule has 2 aliphatic heterocycles. The van der Waals surface area contributed by atoms with Gasteiger partial charge in [0.05, 0.1) is 0 Å². The number of benzene rings is 9. The largest absolute Gasteiger partial charge is 0.335 e. The monoisotopic (exact) mass is 802 g/mol. The lowest BCUT2D eigenvalue weighted by molar-refractivity contribution is 0.330. The molecule has 0 spiro atoms. The van der Waals surface area contributed by atoms with Crippen molar-refractivity contribution in [3.05, 3.63) is 193 Å². The molecule has 2 nitrogen and oxygen atoms in total. The molecule has 9 aromatic carbocycles. The van der Waals surface area contributed by atoms with Crippen LogP contribution in [-0.4, -0.2) is 11.1 Å². The van der Waals surface area contributed by atoms with Crippen molar-refractivity contribution < 1.29 is 0 Å². The maximum Gasteiger partial charge on any atom is 0.0487 e. The Morgan fingerprint density at radius 1 is 0.323 bits per heavy atom. The van der Waals surface area contributed by atoms with Crippen molar-refractivity contribution >= 4 is 55.1 Å². The Balaban J connectivity index is 1.25. The summed E-state index contributed by atoms with van der Waals surface area (Å²) in [7, 11) is 0. The van der Waals surface area contributed by atoms with E-state index >= 15 is 0 Å². The van der Waals surface area contributed by atoms with E-state index in [2.05, 4.69) is 247 Å². The van der Waals surface area contributed by atoms with E-state index in [0.717, 1.165) is 0 Å². The van der Waals surface area contributed by atoms with Crippen molar-refractivity contribution in [3.63, 3.8) is 0 Å². The van der Waals surface area contributed by atoms with Gasteiger partial charge in [-0.1, -0.05) is 173 Å². The summed E-state index contributed by atoms with van der Waals surface area (Å²) in [4.78, 5) is 5.20. The molecule has 0 radical (unpaired) electrons.